The van der Waals surface area contributed by atoms with Gasteiger partial charge in [0.05, 0.1) is 6.54 Å². The van der Waals surface area contributed by atoms with Gasteiger partial charge < -0.3 is 21.5 Å². The first-order valence-corrected chi connectivity index (χ1v) is 6.34. The molecule has 0 heterocycles. The van der Waals surface area contributed by atoms with E-state index < -0.39 is 18.4 Å². The smallest absolute Gasteiger partial charge is 0.322 e. The van der Waals surface area contributed by atoms with Gasteiger partial charge in [-0.15, -0.1) is 0 Å². The van der Waals surface area contributed by atoms with Gasteiger partial charge in [-0.3, -0.25) is 14.4 Å². The van der Waals surface area contributed by atoms with E-state index in [1.165, 1.54) is 0 Å². The van der Waals surface area contributed by atoms with Crippen LogP contribution in [0.5, 0.6) is 0 Å². The quantitative estimate of drug-likeness (QED) is 0.449. The lowest BCUT2D eigenvalue weighted by atomic mass is 10.0. The van der Waals surface area contributed by atoms with E-state index >= 15 is 0 Å². The van der Waals surface area contributed by atoms with Crippen LogP contribution in [-0.4, -0.2) is 42.0 Å². The zero-order valence-corrected chi connectivity index (χ0v) is 11.4. The van der Waals surface area contributed by atoms with Gasteiger partial charge in [0.2, 0.25) is 11.8 Å². The van der Waals surface area contributed by atoms with Crippen molar-refractivity contribution >= 4 is 17.8 Å². The molecule has 0 bridgehead atoms. The van der Waals surface area contributed by atoms with E-state index in [-0.39, 0.29) is 24.4 Å². The molecule has 0 rings (SSSR count). The highest BCUT2D eigenvalue weighted by molar-refractivity contribution is 5.87. The fourth-order valence-corrected chi connectivity index (χ4v) is 1.46. The van der Waals surface area contributed by atoms with Crippen LogP contribution in [0, 0.1) is 5.92 Å². The van der Waals surface area contributed by atoms with E-state index in [0.29, 0.717) is 6.42 Å². The summed E-state index contributed by atoms with van der Waals surface area (Å²) in [5.41, 5.74) is 5.61. The maximum Gasteiger partial charge on any atom is 0.322 e. The molecule has 0 aliphatic rings. The van der Waals surface area contributed by atoms with Gasteiger partial charge in [0, 0.05) is 12.0 Å². The average Bonchev–Trinajstić information content (AvgIpc) is 2.32. The van der Waals surface area contributed by atoms with Crippen molar-refractivity contribution in [2.24, 2.45) is 11.7 Å². The Hall–Kier alpha value is -1.63. The fraction of sp³-hybridized carbons (Fsp3) is 0.750. The van der Waals surface area contributed by atoms with Gasteiger partial charge in [-0.25, -0.2) is 0 Å². The summed E-state index contributed by atoms with van der Waals surface area (Å²) in [6, 6.07) is 0.122. The topological polar surface area (TPSA) is 122 Å². The van der Waals surface area contributed by atoms with Crippen LogP contribution in [0.4, 0.5) is 0 Å². The third-order valence-electron chi connectivity index (χ3n) is 2.60. The molecule has 0 aliphatic heterocycles. The molecule has 2 atom stereocenters. The Morgan fingerprint density at radius 2 is 1.74 bits per heavy atom. The Bertz CT molecular complexity index is 318. The zero-order chi connectivity index (χ0) is 14.8. The van der Waals surface area contributed by atoms with Crippen LogP contribution in [0.15, 0.2) is 0 Å². The number of hydrogen-bond donors (Lipinski definition) is 4. The fourth-order valence-electron chi connectivity index (χ4n) is 1.46. The number of carboxylic acid groups (broad SMARTS) is 1. The molecule has 0 aliphatic carbocycles. The highest BCUT2D eigenvalue weighted by atomic mass is 16.4. The highest BCUT2D eigenvalue weighted by Crippen LogP contribution is 2.08. The van der Waals surface area contributed by atoms with E-state index in [4.69, 9.17) is 10.8 Å². The van der Waals surface area contributed by atoms with Gasteiger partial charge >= 0.3 is 5.97 Å². The summed E-state index contributed by atoms with van der Waals surface area (Å²) in [6.07, 6.45) is 2.43. The monoisotopic (exact) mass is 273 g/mol. The van der Waals surface area contributed by atoms with Crippen molar-refractivity contribution in [3.8, 4) is 0 Å². The van der Waals surface area contributed by atoms with E-state index in [0.717, 1.165) is 12.8 Å². The lowest BCUT2D eigenvalue weighted by molar-refractivity contribution is -0.137. The predicted molar refractivity (Wildman–Crippen MR) is 70.3 cm³/mol. The number of carboxylic acids is 1. The molecule has 7 nitrogen and oxygen atoms in total. The van der Waals surface area contributed by atoms with Crippen LogP contribution in [-0.2, 0) is 14.4 Å². The van der Waals surface area contributed by atoms with Crippen LogP contribution in [0.3, 0.4) is 0 Å². The molecule has 0 fully saturated rings. The number of carbonyl (C=O) groups is 3. The first kappa shape index (κ1) is 17.4. The molecule has 19 heavy (non-hydrogen) atoms. The Morgan fingerprint density at radius 3 is 2.26 bits per heavy atom. The number of nitrogens with one attached hydrogen (secondary N) is 2. The average molecular weight is 273 g/mol. The maximum atomic E-state index is 11.6. The van der Waals surface area contributed by atoms with Crippen molar-refractivity contribution in [3.63, 3.8) is 0 Å². The van der Waals surface area contributed by atoms with Gasteiger partial charge in [0.25, 0.3) is 0 Å². The van der Waals surface area contributed by atoms with Crippen LogP contribution in [0.2, 0.25) is 0 Å². The third kappa shape index (κ3) is 10.0. The van der Waals surface area contributed by atoms with Crippen molar-refractivity contribution in [2.45, 2.75) is 39.2 Å². The van der Waals surface area contributed by atoms with E-state index in [1.807, 2.05) is 6.92 Å². The Balaban J connectivity index is 3.77. The van der Waals surface area contributed by atoms with Crippen LogP contribution >= 0.6 is 0 Å². The van der Waals surface area contributed by atoms with Crippen molar-refractivity contribution in [1.29, 1.82) is 0 Å². The number of amides is 2. The first-order chi connectivity index (χ1) is 8.82. The van der Waals surface area contributed by atoms with E-state index in [1.54, 1.807) is 6.92 Å². The second-order valence-corrected chi connectivity index (χ2v) is 4.70. The molecular formula is C12H23N3O4. The van der Waals surface area contributed by atoms with Crippen LogP contribution in [0.1, 0.15) is 33.1 Å². The summed E-state index contributed by atoms with van der Waals surface area (Å²) in [6.45, 7) is 3.05. The molecule has 0 aromatic rings. The SMILES string of the molecule is CC(N)CCCC(C)C(=O)NCC(=O)NCC(=O)O. The molecule has 110 valence electrons. The van der Waals surface area contributed by atoms with Crippen LogP contribution < -0.4 is 16.4 Å². The normalized spacial score (nSPS) is 13.4. The molecule has 2 unspecified atom stereocenters. The molecule has 0 spiro atoms. The van der Waals surface area contributed by atoms with Crippen LogP contribution in [0.25, 0.3) is 0 Å². The zero-order valence-electron chi connectivity index (χ0n) is 11.4. The summed E-state index contributed by atoms with van der Waals surface area (Å²) in [5, 5.41) is 13.0. The molecule has 0 saturated carbocycles. The molecule has 5 N–H and O–H groups in total. The van der Waals surface area contributed by atoms with Gasteiger partial charge in [-0.2, -0.15) is 0 Å². The molecule has 0 saturated heterocycles. The number of rotatable bonds is 9. The maximum absolute atomic E-state index is 11.6. The summed E-state index contributed by atoms with van der Waals surface area (Å²) in [4.78, 5) is 33.0. The van der Waals surface area contributed by atoms with Crippen molar-refractivity contribution in [3.05, 3.63) is 0 Å². The third-order valence-corrected chi connectivity index (χ3v) is 2.60. The minimum absolute atomic E-state index is 0.122. The summed E-state index contributed by atoms with van der Waals surface area (Å²) in [5.74, 6) is -2.04. The summed E-state index contributed by atoms with van der Waals surface area (Å²) < 4.78 is 0. The van der Waals surface area contributed by atoms with Gasteiger partial charge in [0.15, 0.2) is 0 Å². The summed E-state index contributed by atoms with van der Waals surface area (Å²) in [7, 11) is 0. The van der Waals surface area contributed by atoms with Crippen molar-refractivity contribution < 1.29 is 19.5 Å². The van der Waals surface area contributed by atoms with Gasteiger partial charge in [-0.1, -0.05) is 13.3 Å². The second-order valence-electron chi connectivity index (χ2n) is 4.70. The Morgan fingerprint density at radius 1 is 1.11 bits per heavy atom. The standard InChI is InChI=1S/C12H23N3O4/c1-8(4-3-5-9(2)13)12(19)15-6-10(16)14-7-11(17)18/h8-9H,3-7,13H2,1-2H3,(H,14,16)(H,15,19)(H,17,18). The van der Waals surface area contributed by atoms with E-state index in [2.05, 4.69) is 10.6 Å². The van der Waals surface area contributed by atoms with Gasteiger partial charge in [-0.05, 0) is 19.8 Å². The molecule has 2 amide bonds. The first-order valence-electron chi connectivity index (χ1n) is 6.34. The number of nitrogens with two attached hydrogens (primary N) is 1. The predicted octanol–water partition coefficient (Wildman–Crippen LogP) is -0.543. The Labute approximate surface area is 112 Å². The molecule has 0 aromatic heterocycles. The van der Waals surface area contributed by atoms with Crippen molar-refractivity contribution in [1.82, 2.24) is 10.6 Å². The number of hydrogen-bond acceptors (Lipinski definition) is 4. The number of carbonyl (C=O) groups excluding carboxylic acids is 2. The summed E-state index contributed by atoms with van der Waals surface area (Å²) >= 11 is 0. The molecule has 7 heteroatoms. The highest BCUT2D eigenvalue weighted by Gasteiger charge is 2.14. The van der Waals surface area contributed by atoms with Crippen molar-refractivity contribution in [2.75, 3.05) is 13.1 Å². The Kier molecular flexibility index (Phi) is 8.52. The lowest BCUT2D eigenvalue weighted by Crippen LogP contribution is -2.40. The molecule has 0 aromatic carbocycles. The minimum Gasteiger partial charge on any atom is -0.480 e. The molecule has 0 radical (unpaired) electrons. The minimum atomic E-state index is -1.12. The lowest BCUT2D eigenvalue weighted by Gasteiger charge is -2.12. The number of aliphatic carboxylic acids is 1. The largest absolute Gasteiger partial charge is 0.480 e. The molecular weight excluding hydrogens is 250 g/mol. The van der Waals surface area contributed by atoms with Gasteiger partial charge in [0.1, 0.15) is 6.54 Å². The second kappa shape index (κ2) is 9.32. The van der Waals surface area contributed by atoms with E-state index in [9.17, 15) is 14.4 Å².